The van der Waals surface area contributed by atoms with Crippen molar-refractivity contribution >= 4 is 10.0 Å². The molecule has 1 aromatic carbocycles. The van der Waals surface area contributed by atoms with Crippen LogP contribution in [0.5, 0.6) is 5.75 Å². The Kier molecular flexibility index (Phi) is 5.37. The lowest BCUT2D eigenvalue weighted by atomic mass is 10.2. The van der Waals surface area contributed by atoms with Crippen LogP contribution < -0.4 is 9.64 Å². The van der Waals surface area contributed by atoms with Crippen molar-refractivity contribution in [3.05, 3.63) is 24.3 Å². The third kappa shape index (κ3) is 4.37. The summed E-state index contributed by atoms with van der Waals surface area (Å²) in [6.45, 7) is 3.29. The molecule has 1 atom stereocenters. The number of alkyl halides is 3. The van der Waals surface area contributed by atoms with Crippen molar-refractivity contribution in [1.82, 2.24) is 4.31 Å². The smallest absolute Gasteiger partial charge is 0.406 e. The van der Waals surface area contributed by atoms with E-state index in [9.17, 15) is 21.6 Å². The summed E-state index contributed by atoms with van der Waals surface area (Å²) in [5.41, 5.74) is 0. The summed E-state index contributed by atoms with van der Waals surface area (Å²) in [5, 5.41) is 8.90. The number of halogens is 3. The molecule has 0 amide bonds. The Balaban J connectivity index is 2.07. The van der Waals surface area contributed by atoms with E-state index in [1.807, 2.05) is 0 Å². The summed E-state index contributed by atoms with van der Waals surface area (Å²) in [5.74, 6) is -0.474. The fraction of sp³-hybridized carbons (Fsp3) is 0.500. The highest BCUT2D eigenvalue weighted by atomic mass is 32.2. The van der Waals surface area contributed by atoms with Gasteiger partial charge in [0.05, 0.1) is 31.1 Å². The normalized spacial score (nSPS) is 18.8. The summed E-state index contributed by atoms with van der Waals surface area (Å²) in [6, 6.07) is 6.05. The van der Waals surface area contributed by atoms with E-state index in [4.69, 9.17) is 5.26 Å². The molecule has 0 saturated carbocycles. The van der Waals surface area contributed by atoms with Crippen LogP contribution in [0.2, 0.25) is 0 Å². The van der Waals surface area contributed by atoms with Crippen molar-refractivity contribution in [3.8, 4) is 11.8 Å². The zero-order valence-corrected chi connectivity index (χ0v) is 13.7. The molecule has 132 valence electrons. The first-order valence-corrected chi connectivity index (χ1v) is 8.67. The van der Waals surface area contributed by atoms with Crippen LogP contribution >= 0.6 is 0 Å². The summed E-state index contributed by atoms with van der Waals surface area (Å²) >= 11 is 0. The first kappa shape index (κ1) is 18.5. The third-order valence-corrected chi connectivity index (χ3v) is 5.78. The largest absolute Gasteiger partial charge is 0.573 e. The van der Waals surface area contributed by atoms with Gasteiger partial charge in [0.1, 0.15) is 11.8 Å². The minimum absolute atomic E-state index is 0.0891. The molecular weight excluding hydrogens is 347 g/mol. The summed E-state index contributed by atoms with van der Waals surface area (Å²) in [7, 11) is -3.78. The fourth-order valence-corrected chi connectivity index (χ4v) is 3.94. The van der Waals surface area contributed by atoms with Crippen molar-refractivity contribution in [3.63, 3.8) is 0 Å². The van der Waals surface area contributed by atoms with Crippen molar-refractivity contribution in [2.24, 2.45) is 0 Å². The first-order valence-electron chi connectivity index (χ1n) is 7.23. The second-order valence-corrected chi connectivity index (χ2v) is 7.37. The lowest BCUT2D eigenvalue weighted by molar-refractivity contribution is -0.918. The highest BCUT2D eigenvalue weighted by molar-refractivity contribution is 7.89. The highest BCUT2D eigenvalue weighted by Gasteiger charge is 2.33. The van der Waals surface area contributed by atoms with E-state index >= 15 is 0 Å². The molecule has 0 bridgehead atoms. The number of hydrogen-bond acceptors (Lipinski definition) is 4. The Hall–Kier alpha value is -1.83. The van der Waals surface area contributed by atoms with Gasteiger partial charge in [0.25, 0.3) is 0 Å². The summed E-state index contributed by atoms with van der Waals surface area (Å²) in [4.78, 5) is 0.923. The van der Waals surface area contributed by atoms with Gasteiger partial charge in [0, 0.05) is 6.92 Å². The lowest BCUT2D eigenvalue weighted by Gasteiger charge is -2.32. The molecule has 0 spiro atoms. The molecule has 0 unspecified atom stereocenters. The van der Waals surface area contributed by atoms with E-state index in [0.29, 0.717) is 13.1 Å². The number of rotatable bonds is 4. The van der Waals surface area contributed by atoms with Crippen molar-refractivity contribution in [1.29, 1.82) is 5.26 Å². The Morgan fingerprint density at radius 1 is 1.25 bits per heavy atom. The Labute approximate surface area is 138 Å². The van der Waals surface area contributed by atoms with Gasteiger partial charge in [-0.2, -0.15) is 9.57 Å². The van der Waals surface area contributed by atoms with Gasteiger partial charge < -0.3 is 9.64 Å². The van der Waals surface area contributed by atoms with Crippen LogP contribution in [0, 0.1) is 11.3 Å². The maximum Gasteiger partial charge on any atom is 0.573 e. The number of nitrogens with one attached hydrogen (secondary N) is 1. The van der Waals surface area contributed by atoms with Gasteiger partial charge in [0.2, 0.25) is 10.0 Å². The fourth-order valence-electron chi connectivity index (χ4n) is 2.50. The van der Waals surface area contributed by atoms with Crippen LogP contribution in [0.15, 0.2) is 29.2 Å². The average molecular weight is 364 g/mol. The number of benzene rings is 1. The molecule has 1 heterocycles. The van der Waals surface area contributed by atoms with Crippen LogP contribution in [-0.2, 0) is 10.0 Å². The van der Waals surface area contributed by atoms with E-state index in [2.05, 4.69) is 10.8 Å². The van der Waals surface area contributed by atoms with E-state index in [-0.39, 0.29) is 24.0 Å². The molecule has 24 heavy (non-hydrogen) atoms. The number of nitriles is 1. The SMILES string of the molecule is C[C@H](C#N)[NH+]1CCN(S(=O)(=O)c2ccc(OC(F)(F)F)cc2)CC1. The molecule has 1 N–H and O–H groups in total. The number of sulfonamides is 1. The van der Waals surface area contributed by atoms with Gasteiger partial charge in [-0.05, 0) is 24.3 Å². The molecule has 1 fully saturated rings. The Morgan fingerprint density at radius 2 is 1.79 bits per heavy atom. The van der Waals surface area contributed by atoms with Crippen LogP contribution in [0.4, 0.5) is 13.2 Å². The highest BCUT2D eigenvalue weighted by Crippen LogP contribution is 2.25. The van der Waals surface area contributed by atoms with Gasteiger partial charge in [-0.1, -0.05) is 0 Å². The maximum absolute atomic E-state index is 12.5. The third-order valence-electron chi connectivity index (χ3n) is 3.87. The molecule has 0 aromatic heterocycles. The number of piperazine rings is 1. The lowest BCUT2D eigenvalue weighted by Crippen LogP contribution is -3.17. The van der Waals surface area contributed by atoms with Gasteiger partial charge in [-0.25, -0.2) is 8.42 Å². The zero-order chi connectivity index (χ0) is 18.0. The molecule has 1 aromatic rings. The number of quaternary nitrogens is 1. The molecule has 0 radical (unpaired) electrons. The van der Waals surface area contributed by atoms with Gasteiger partial charge >= 0.3 is 6.36 Å². The average Bonchev–Trinajstić information content (AvgIpc) is 2.53. The first-order chi connectivity index (χ1) is 11.1. The molecule has 1 saturated heterocycles. The van der Waals surface area contributed by atoms with Crippen LogP contribution in [0.3, 0.4) is 0 Å². The molecular formula is C14H17F3N3O3S+. The second kappa shape index (κ2) is 6.96. The second-order valence-electron chi connectivity index (χ2n) is 5.43. The standard InChI is InChI=1S/C14H16F3N3O3S/c1-11(10-18)19-6-8-20(9-7-19)24(21,22)13-4-2-12(3-5-13)23-14(15,16)17/h2-5,11H,6-9H2,1H3/p+1/t11-/m1/s1. The van der Waals surface area contributed by atoms with Crippen molar-refractivity contribution in [2.45, 2.75) is 24.2 Å². The van der Waals surface area contributed by atoms with Gasteiger partial charge in [0.15, 0.2) is 6.04 Å². The Morgan fingerprint density at radius 3 is 2.25 bits per heavy atom. The van der Waals surface area contributed by atoms with Crippen LogP contribution in [0.1, 0.15) is 6.92 Å². The maximum atomic E-state index is 12.5. The zero-order valence-electron chi connectivity index (χ0n) is 12.9. The Bertz CT molecular complexity index is 706. The molecule has 10 heteroatoms. The van der Waals surface area contributed by atoms with E-state index in [1.165, 1.54) is 4.31 Å². The predicted octanol–water partition coefficient (Wildman–Crippen LogP) is 0.386. The van der Waals surface area contributed by atoms with E-state index < -0.39 is 22.1 Å². The van der Waals surface area contributed by atoms with Crippen molar-refractivity contribution in [2.75, 3.05) is 26.2 Å². The topological polar surface area (TPSA) is 74.8 Å². The van der Waals surface area contributed by atoms with Gasteiger partial charge in [-0.3, -0.25) is 0 Å². The molecule has 2 rings (SSSR count). The van der Waals surface area contributed by atoms with Crippen molar-refractivity contribution < 1.29 is 31.2 Å². The molecule has 1 aliphatic rings. The minimum atomic E-state index is -4.82. The van der Waals surface area contributed by atoms with Crippen LogP contribution in [0.25, 0.3) is 0 Å². The monoisotopic (exact) mass is 364 g/mol. The number of hydrogen-bond donors (Lipinski definition) is 1. The molecule has 6 nitrogen and oxygen atoms in total. The van der Waals surface area contributed by atoms with E-state index in [0.717, 1.165) is 29.2 Å². The predicted molar refractivity (Wildman–Crippen MR) is 77.7 cm³/mol. The van der Waals surface area contributed by atoms with Crippen LogP contribution in [-0.4, -0.2) is 51.3 Å². The quantitative estimate of drug-likeness (QED) is 0.839. The van der Waals surface area contributed by atoms with Gasteiger partial charge in [-0.15, -0.1) is 13.2 Å². The molecule has 1 aliphatic heterocycles. The number of nitrogens with zero attached hydrogens (tertiary/aromatic N) is 2. The van der Waals surface area contributed by atoms with E-state index in [1.54, 1.807) is 6.92 Å². The summed E-state index contributed by atoms with van der Waals surface area (Å²) < 4.78 is 66.4. The minimum Gasteiger partial charge on any atom is -0.406 e. The summed E-state index contributed by atoms with van der Waals surface area (Å²) in [6.07, 6.45) is -4.82. The number of ether oxygens (including phenoxy) is 1. The molecule has 0 aliphatic carbocycles.